The molecule has 1 unspecified atom stereocenters. The van der Waals surface area contributed by atoms with Crippen molar-refractivity contribution in [1.82, 2.24) is 10.6 Å². The number of carboxylic acid groups (broad SMARTS) is 1. The Morgan fingerprint density at radius 3 is 2.41 bits per heavy atom. The molecule has 2 rings (SSSR count). The lowest BCUT2D eigenvalue weighted by Gasteiger charge is -2.13. The second-order valence-corrected chi connectivity index (χ2v) is 6.82. The maximum atomic E-state index is 12.5. The lowest BCUT2D eigenvalue weighted by Crippen LogP contribution is -2.42. The van der Waals surface area contributed by atoms with Crippen molar-refractivity contribution in [2.24, 2.45) is 0 Å². The molecule has 0 bridgehead atoms. The third-order valence-electron chi connectivity index (χ3n) is 3.71. The molecule has 0 aliphatic heterocycles. The first kappa shape index (κ1) is 21.8. The van der Waals surface area contributed by atoms with Crippen LogP contribution < -0.4 is 10.6 Å². The molecule has 0 aliphatic rings. The quantitative estimate of drug-likeness (QED) is 0.329. The molecule has 9 nitrogen and oxygen atoms in total. The van der Waals surface area contributed by atoms with Crippen molar-refractivity contribution in [3.8, 4) is 0 Å². The Labute approximate surface area is 173 Å². The number of amides is 2. The molecular weight excluding hydrogens is 446 g/mol. The van der Waals surface area contributed by atoms with Crippen LogP contribution in [0.25, 0.3) is 6.08 Å². The molecule has 0 fully saturated rings. The minimum absolute atomic E-state index is 0.198. The molecule has 0 heterocycles. The van der Waals surface area contributed by atoms with E-state index in [1.54, 1.807) is 12.1 Å². The summed E-state index contributed by atoms with van der Waals surface area (Å²) in [5.74, 6) is -2.71. The summed E-state index contributed by atoms with van der Waals surface area (Å²) in [4.78, 5) is 46.4. The van der Waals surface area contributed by atoms with E-state index < -0.39 is 28.7 Å². The Morgan fingerprint density at radius 1 is 1.17 bits per heavy atom. The van der Waals surface area contributed by atoms with Crippen molar-refractivity contribution in [3.05, 3.63) is 79.9 Å². The highest BCUT2D eigenvalue weighted by Crippen LogP contribution is 2.16. The average Bonchev–Trinajstić information content (AvgIpc) is 2.67. The molecule has 0 radical (unpaired) electrons. The van der Waals surface area contributed by atoms with Gasteiger partial charge in [-0.1, -0.05) is 28.1 Å². The highest BCUT2D eigenvalue weighted by Gasteiger charge is 2.20. The molecule has 0 aliphatic carbocycles. The fraction of sp³-hybridized carbons (Fsp3) is 0.105. The Bertz CT molecular complexity index is 988. The van der Waals surface area contributed by atoms with Crippen LogP contribution >= 0.6 is 15.9 Å². The third-order valence-corrected chi connectivity index (χ3v) is 4.24. The van der Waals surface area contributed by atoms with E-state index in [0.717, 1.165) is 4.47 Å². The highest BCUT2D eigenvalue weighted by molar-refractivity contribution is 9.10. The summed E-state index contributed by atoms with van der Waals surface area (Å²) in [6.07, 6.45) is 1.23. The first-order chi connectivity index (χ1) is 13.7. The minimum Gasteiger partial charge on any atom is -0.480 e. The number of nitro groups is 1. The van der Waals surface area contributed by atoms with E-state index in [4.69, 9.17) is 5.11 Å². The Balaban J connectivity index is 2.36. The SMILES string of the molecule is CC(NC(=O)C(=Cc1cccc([N+](=O)[O-])c1)NC(=O)c1ccc(Br)cc1)C(=O)O. The van der Waals surface area contributed by atoms with Gasteiger partial charge in [0.2, 0.25) is 0 Å². The molecule has 0 saturated heterocycles. The standard InChI is InChI=1S/C19H16BrN3O6/c1-11(19(26)27)21-18(25)16(10-12-3-2-4-15(9-12)23(28)29)22-17(24)13-5-7-14(20)8-6-13/h2-11H,1H3,(H,21,25)(H,22,24)(H,26,27). The second kappa shape index (κ2) is 9.60. The zero-order valence-corrected chi connectivity index (χ0v) is 16.7. The first-order valence-corrected chi connectivity index (χ1v) is 9.03. The van der Waals surface area contributed by atoms with Gasteiger partial charge in [-0.25, -0.2) is 0 Å². The number of benzene rings is 2. The fourth-order valence-corrected chi connectivity index (χ4v) is 2.45. The van der Waals surface area contributed by atoms with E-state index in [1.807, 2.05) is 0 Å². The molecule has 2 aromatic carbocycles. The van der Waals surface area contributed by atoms with Crippen molar-refractivity contribution >= 4 is 45.5 Å². The largest absolute Gasteiger partial charge is 0.480 e. The number of carboxylic acids is 1. The first-order valence-electron chi connectivity index (χ1n) is 8.24. The number of hydrogen-bond acceptors (Lipinski definition) is 5. The summed E-state index contributed by atoms with van der Waals surface area (Å²) < 4.78 is 0.759. The minimum atomic E-state index is -1.26. The number of non-ortho nitro benzene ring substituents is 1. The molecule has 2 amide bonds. The molecule has 150 valence electrons. The summed E-state index contributed by atoms with van der Waals surface area (Å²) in [5, 5.41) is 24.6. The summed E-state index contributed by atoms with van der Waals surface area (Å²) in [6.45, 7) is 1.27. The number of halogens is 1. The monoisotopic (exact) mass is 461 g/mol. The van der Waals surface area contributed by atoms with Crippen LogP contribution in [0.2, 0.25) is 0 Å². The summed E-state index contributed by atoms with van der Waals surface area (Å²) >= 11 is 3.25. The van der Waals surface area contributed by atoms with Gasteiger partial charge in [0.25, 0.3) is 17.5 Å². The highest BCUT2D eigenvalue weighted by atomic mass is 79.9. The van der Waals surface area contributed by atoms with Gasteiger partial charge < -0.3 is 15.7 Å². The molecule has 0 spiro atoms. The maximum absolute atomic E-state index is 12.5. The number of nitrogens with zero attached hydrogens (tertiary/aromatic N) is 1. The van der Waals surface area contributed by atoms with E-state index in [9.17, 15) is 24.5 Å². The Kier molecular flexibility index (Phi) is 7.21. The number of carbonyl (C=O) groups is 3. The topological polar surface area (TPSA) is 139 Å². The molecule has 3 N–H and O–H groups in total. The smallest absolute Gasteiger partial charge is 0.325 e. The predicted molar refractivity (Wildman–Crippen MR) is 108 cm³/mol. The number of rotatable bonds is 7. The number of aliphatic carboxylic acids is 1. The zero-order chi connectivity index (χ0) is 21.6. The van der Waals surface area contributed by atoms with E-state index in [1.165, 1.54) is 49.4 Å². The van der Waals surface area contributed by atoms with Gasteiger partial charge in [0.05, 0.1) is 4.92 Å². The molecule has 29 heavy (non-hydrogen) atoms. The Hall–Kier alpha value is -3.53. The van der Waals surface area contributed by atoms with Gasteiger partial charge in [0.1, 0.15) is 11.7 Å². The van der Waals surface area contributed by atoms with Gasteiger partial charge >= 0.3 is 5.97 Å². The van der Waals surface area contributed by atoms with Crippen LogP contribution in [0, 0.1) is 10.1 Å². The van der Waals surface area contributed by atoms with Gasteiger partial charge in [-0.2, -0.15) is 0 Å². The van der Waals surface area contributed by atoms with Crippen molar-refractivity contribution in [3.63, 3.8) is 0 Å². The molecule has 2 aromatic rings. The van der Waals surface area contributed by atoms with Crippen molar-refractivity contribution in [1.29, 1.82) is 0 Å². The Morgan fingerprint density at radius 2 is 1.83 bits per heavy atom. The molecular formula is C19H16BrN3O6. The normalized spacial score (nSPS) is 12.0. The predicted octanol–water partition coefficient (Wildman–Crippen LogP) is 2.72. The fourth-order valence-electron chi connectivity index (χ4n) is 2.19. The molecule has 1 atom stereocenters. The van der Waals surface area contributed by atoms with Gasteiger partial charge in [-0.05, 0) is 42.8 Å². The van der Waals surface area contributed by atoms with Crippen LogP contribution in [0.1, 0.15) is 22.8 Å². The van der Waals surface area contributed by atoms with Gasteiger partial charge in [-0.15, -0.1) is 0 Å². The van der Waals surface area contributed by atoms with E-state index in [2.05, 4.69) is 26.6 Å². The maximum Gasteiger partial charge on any atom is 0.325 e. The molecule has 10 heteroatoms. The van der Waals surface area contributed by atoms with Crippen molar-refractivity contribution < 1.29 is 24.4 Å². The van der Waals surface area contributed by atoms with Crippen molar-refractivity contribution in [2.75, 3.05) is 0 Å². The summed E-state index contributed by atoms with van der Waals surface area (Å²) in [5.41, 5.74) is 0.0869. The van der Waals surface area contributed by atoms with Crippen LogP contribution in [0.5, 0.6) is 0 Å². The number of nitro benzene ring substituents is 1. The van der Waals surface area contributed by atoms with E-state index in [-0.39, 0.29) is 22.5 Å². The number of hydrogen-bond donors (Lipinski definition) is 3. The summed E-state index contributed by atoms with van der Waals surface area (Å²) in [6, 6.07) is 10.6. The van der Waals surface area contributed by atoms with Crippen LogP contribution in [-0.4, -0.2) is 33.9 Å². The second-order valence-electron chi connectivity index (χ2n) is 5.90. The zero-order valence-electron chi connectivity index (χ0n) is 15.1. The lowest BCUT2D eigenvalue weighted by molar-refractivity contribution is -0.384. The number of nitrogens with one attached hydrogen (secondary N) is 2. The van der Waals surface area contributed by atoms with E-state index in [0.29, 0.717) is 0 Å². The van der Waals surface area contributed by atoms with Gasteiger partial charge in [0.15, 0.2) is 0 Å². The van der Waals surface area contributed by atoms with Gasteiger partial charge in [0, 0.05) is 22.2 Å². The molecule has 0 saturated carbocycles. The average molecular weight is 462 g/mol. The lowest BCUT2D eigenvalue weighted by atomic mass is 10.1. The van der Waals surface area contributed by atoms with Crippen LogP contribution in [0.4, 0.5) is 5.69 Å². The van der Waals surface area contributed by atoms with Crippen LogP contribution in [0.3, 0.4) is 0 Å². The van der Waals surface area contributed by atoms with E-state index >= 15 is 0 Å². The number of carbonyl (C=O) groups excluding carboxylic acids is 2. The third kappa shape index (κ3) is 6.25. The van der Waals surface area contributed by atoms with Crippen LogP contribution in [0.15, 0.2) is 58.7 Å². The van der Waals surface area contributed by atoms with Crippen molar-refractivity contribution in [2.45, 2.75) is 13.0 Å². The summed E-state index contributed by atoms with van der Waals surface area (Å²) in [7, 11) is 0. The van der Waals surface area contributed by atoms with Gasteiger partial charge in [-0.3, -0.25) is 24.5 Å². The molecule has 0 aromatic heterocycles. The van der Waals surface area contributed by atoms with Crippen LogP contribution in [-0.2, 0) is 9.59 Å².